The molecule has 6 heteroatoms. The van der Waals surface area contributed by atoms with Gasteiger partial charge in [-0.1, -0.05) is 30.3 Å². The molecule has 0 saturated carbocycles. The Morgan fingerprint density at radius 1 is 1.21 bits per heavy atom. The Morgan fingerprint density at radius 3 is 2.83 bits per heavy atom. The highest BCUT2D eigenvalue weighted by Gasteiger charge is 2.30. The standard InChI is InChI=1S/C18H17N3O2S/c22-21(23)14-6-7-17-16(10-14)18(13-4-2-1-3-5-13)19-11-15-12-24-9-8-20(15)17/h1-7,10,15H,8-9,11-12H2. The monoisotopic (exact) mass is 339 g/mol. The molecule has 0 aliphatic carbocycles. The van der Waals surface area contributed by atoms with E-state index in [0.717, 1.165) is 47.1 Å². The van der Waals surface area contributed by atoms with Crippen LogP contribution in [0.2, 0.25) is 0 Å². The normalized spacial score (nSPS) is 19.8. The maximum Gasteiger partial charge on any atom is 0.270 e. The lowest BCUT2D eigenvalue weighted by Gasteiger charge is -2.36. The molecule has 122 valence electrons. The van der Waals surface area contributed by atoms with E-state index in [1.807, 2.05) is 48.2 Å². The molecule has 2 aromatic rings. The molecule has 4 rings (SSSR count). The van der Waals surface area contributed by atoms with Crippen LogP contribution in [0, 0.1) is 10.1 Å². The van der Waals surface area contributed by atoms with E-state index in [1.54, 1.807) is 12.1 Å². The number of nitro benzene ring substituents is 1. The number of nitro groups is 1. The molecule has 0 spiro atoms. The maximum absolute atomic E-state index is 11.2. The van der Waals surface area contributed by atoms with Gasteiger partial charge in [-0.05, 0) is 6.07 Å². The van der Waals surface area contributed by atoms with Gasteiger partial charge < -0.3 is 4.90 Å². The summed E-state index contributed by atoms with van der Waals surface area (Å²) in [5.74, 6) is 2.12. The summed E-state index contributed by atoms with van der Waals surface area (Å²) in [5, 5.41) is 11.2. The van der Waals surface area contributed by atoms with Gasteiger partial charge in [-0.25, -0.2) is 0 Å². The van der Waals surface area contributed by atoms with E-state index < -0.39 is 0 Å². The summed E-state index contributed by atoms with van der Waals surface area (Å²) in [7, 11) is 0. The zero-order valence-corrected chi connectivity index (χ0v) is 13.9. The maximum atomic E-state index is 11.2. The molecule has 2 aliphatic heterocycles. The Hall–Kier alpha value is -2.34. The van der Waals surface area contributed by atoms with Crippen LogP contribution < -0.4 is 4.90 Å². The number of rotatable bonds is 2. The topological polar surface area (TPSA) is 58.7 Å². The van der Waals surface area contributed by atoms with Crippen molar-refractivity contribution in [2.45, 2.75) is 6.04 Å². The molecule has 5 nitrogen and oxygen atoms in total. The van der Waals surface area contributed by atoms with Crippen LogP contribution in [0.1, 0.15) is 11.1 Å². The summed E-state index contributed by atoms with van der Waals surface area (Å²) in [6.45, 7) is 1.68. The summed E-state index contributed by atoms with van der Waals surface area (Å²) in [6, 6.07) is 15.5. The van der Waals surface area contributed by atoms with E-state index in [1.165, 1.54) is 0 Å². The van der Waals surface area contributed by atoms with Crippen molar-refractivity contribution in [3.8, 4) is 0 Å². The summed E-state index contributed by atoms with van der Waals surface area (Å²) in [5.41, 5.74) is 3.90. The number of aliphatic imine (C=N–C) groups is 1. The van der Waals surface area contributed by atoms with Gasteiger partial charge in [0.25, 0.3) is 5.69 Å². The van der Waals surface area contributed by atoms with Gasteiger partial charge >= 0.3 is 0 Å². The van der Waals surface area contributed by atoms with Gasteiger partial charge in [-0.3, -0.25) is 15.1 Å². The summed E-state index contributed by atoms with van der Waals surface area (Å²) < 4.78 is 0. The second kappa shape index (κ2) is 6.28. The van der Waals surface area contributed by atoms with Crippen molar-refractivity contribution in [2.24, 2.45) is 4.99 Å². The fraction of sp³-hybridized carbons (Fsp3) is 0.278. The van der Waals surface area contributed by atoms with Crippen molar-refractivity contribution in [2.75, 3.05) is 29.5 Å². The van der Waals surface area contributed by atoms with E-state index in [4.69, 9.17) is 4.99 Å². The number of nitrogens with zero attached hydrogens (tertiary/aromatic N) is 3. The van der Waals surface area contributed by atoms with Crippen LogP contribution in [0.3, 0.4) is 0 Å². The number of non-ortho nitro benzene ring substituents is 1. The zero-order chi connectivity index (χ0) is 16.5. The van der Waals surface area contributed by atoms with Crippen molar-refractivity contribution in [1.82, 2.24) is 0 Å². The van der Waals surface area contributed by atoms with Crippen LogP contribution in [0.4, 0.5) is 11.4 Å². The molecule has 0 amide bonds. The predicted octanol–water partition coefficient (Wildman–Crippen LogP) is 3.37. The third-order valence-electron chi connectivity index (χ3n) is 4.49. The van der Waals surface area contributed by atoms with Gasteiger partial charge in [-0.15, -0.1) is 0 Å². The van der Waals surface area contributed by atoms with Gasteiger partial charge in [0.2, 0.25) is 0 Å². The Balaban J connectivity index is 1.90. The fourth-order valence-corrected chi connectivity index (χ4v) is 4.38. The average Bonchev–Trinajstić information content (AvgIpc) is 2.79. The van der Waals surface area contributed by atoms with Gasteiger partial charge in [-0.2, -0.15) is 11.8 Å². The number of benzene rings is 2. The van der Waals surface area contributed by atoms with Crippen molar-refractivity contribution in [3.05, 3.63) is 69.8 Å². The molecule has 2 aromatic carbocycles. The Labute approximate surface area is 144 Å². The molecule has 0 radical (unpaired) electrons. The second-order valence-electron chi connectivity index (χ2n) is 5.94. The van der Waals surface area contributed by atoms with Crippen LogP contribution in [-0.4, -0.2) is 41.3 Å². The van der Waals surface area contributed by atoms with E-state index in [0.29, 0.717) is 6.04 Å². The van der Waals surface area contributed by atoms with Gasteiger partial charge in [0, 0.05) is 47.0 Å². The molecule has 1 unspecified atom stereocenters. The fourth-order valence-electron chi connectivity index (χ4n) is 3.33. The summed E-state index contributed by atoms with van der Waals surface area (Å²) >= 11 is 1.95. The number of anilines is 1. The summed E-state index contributed by atoms with van der Waals surface area (Å²) in [6.07, 6.45) is 0. The molecule has 2 heterocycles. The van der Waals surface area contributed by atoms with Crippen LogP contribution in [0.25, 0.3) is 0 Å². The highest BCUT2D eigenvalue weighted by Crippen LogP contribution is 2.34. The smallest absolute Gasteiger partial charge is 0.270 e. The predicted molar refractivity (Wildman–Crippen MR) is 98.5 cm³/mol. The van der Waals surface area contributed by atoms with Crippen LogP contribution >= 0.6 is 11.8 Å². The molecule has 24 heavy (non-hydrogen) atoms. The van der Waals surface area contributed by atoms with E-state index in [2.05, 4.69) is 4.90 Å². The number of hydrogen-bond acceptors (Lipinski definition) is 5. The number of hydrogen-bond donors (Lipinski definition) is 0. The third-order valence-corrected chi connectivity index (χ3v) is 5.58. The molecule has 1 fully saturated rings. The number of thioether (sulfide) groups is 1. The van der Waals surface area contributed by atoms with Crippen molar-refractivity contribution in [3.63, 3.8) is 0 Å². The van der Waals surface area contributed by atoms with Gasteiger partial charge in [0.15, 0.2) is 0 Å². The first kappa shape index (κ1) is 15.2. The highest BCUT2D eigenvalue weighted by atomic mass is 32.2. The Morgan fingerprint density at radius 2 is 2.04 bits per heavy atom. The lowest BCUT2D eigenvalue weighted by atomic mass is 9.99. The van der Waals surface area contributed by atoms with Crippen LogP contribution in [0.5, 0.6) is 0 Å². The van der Waals surface area contributed by atoms with Gasteiger partial charge in [0.05, 0.1) is 23.2 Å². The Bertz CT molecular complexity index is 807. The molecular formula is C18H17N3O2S. The largest absolute Gasteiger partial charge is 0.364 e. The molecule has 1 atom stereocenters. The summed E-state index contributed by atoms with van der Waals surface area (Å²) in [4.78, 5) is 18.1. The third kappa shape index (κ3) is 2.67. The first-order valence-corrected chi connectivity index (χ1v) is 9.12. The SMILES string of the molecule is O=[N+]([O-])c1ccc2c(c1)C(c1ccccc1)=NCC1CSCCN21. The van der Waals surface area contributed by atoms with E-state index in [9.17, 15) is 10.1 Å². The molecule has 2 aliphatic rings. The second-order valence-corrected chi connectivity index (χ2v) is 7.09. The highest BCUT2D eigenvalue weighted by molar-refractivity contribution is 7.99. The average molecular weight is 339 g/mol. The van der Waals surface area contributed by atoms with Crippen LogP contribution in [0.15, 0.2) is 53.5 Å². The molecule has 0 aromatic heterocycles. The van der Waals surface area contributed by atoms with Crippen molar-refractivity contribution < 1.29 is 4.92 Å². The lowest BCUT2D eigenvalue weighted by Crippen LogP contribution is -2.44. The van der Waals surface area contributed by atoms with Crippen molar-refractivity contribution >= 4 is 28.8 Å². The van der Waals surface area contributed by atoms with Crippen LogP contribution in [-0.2, 0) is 0 Å². The molecule has 0 N–H and O–H groups in total. The zero-order valence-electron chi connectivity index (χ0n) is 13.1. The van der Waals surface area contributed by atoms with E-state index in [-0.39, 0.29) is 10.6 Å². The molecular weight excluding hydrogens is 322 g/mol. The van der Waals surface area contributed by atoms with Crippen molar-refractivity contribution in [1.29, 1.82) is 0 Å². The quantitative estimate of drug-likeness (QED) is 0.622. The minimum absolute atomic E-state index is 0.113. The first-order valence-electron chi connectivity index (χ1n) is 7.97. The lowest BCUT2D eigenvalue weighted by molar-refractivity contribution is -0.384. The first-order chi connectivity index (χ1) is 11.7. The number of fused-ring (bicyclic) bond motifs is 3. The minimum atomic E-state index is -0.336. The molecule has 1 saturated heterocycles. The molecule has 0 bridgehead atoms. The van der Waals surface area contributed by atoms with Gasteiger partial charge in [0.1, 0.15) is 0 Å². The Kier molecular flexibility index (Phi) is 3.98. The van der Waals surface area contributed by atoms with E-state index >= 15 is 0 Å². The minimum Gasteiger partial charge on any atom is -0.364 e.